The van der Waals surface area contributed by atoms with E-state index in [1.54, 1.807) is 0 Å². The molecule has 2 heterocycles. The van der Waals surface area contributed by atoms with Gasteiger partial charge in [-0.2, -0.15) is 0 Å². The maximum Gasteiger partial charge on any atom is 0.218 e. The lowest BCUT2D eigenvalue weighted by Crippen LogP contribution is -2.32. The van der Waals surface area contributed by atoms with Crippen molar-refractivity contribution in [2.75, 3.05) is 18.8 Å². The van der Waals surface area contributed by atoms with E-state index >= 15 is 0 Å². The lowest BCUT2D eigenvalue weighted by atomic mass is 10.0. The summed E-state index contributed by atoms with van der Waals surface area (Å²) in [5, 5.41) is 4.16. The highest BCUT2D eigenvalue weighted by molar-refractivity contribution is 7.84. The molecular weight excluding hydrogens is 246 g/mol. The second-order valence-corrected chi connectivity index (χ2v) is 5.73. The minimum Gasteiger partial charge on any atom is -0.316 e. The molecule has 1 aliphatic heterocycles. The second kappa shape index (κ2) is 5.70. The first-order valence-electron chi connectivity index (χ1n) is 5.32. The van der Waals surface area contributed by atoms with Crippen molar-refractivity contribution in [3.8, 4) is 0 Å². The molecule has 2 rings (SSSR count). The quantitative estimate of drug-likeness (QED) is 0.830. The Hall–Kier alpha value is -0.520. The van der Waals surface area contributed by atoms with Gasteiger partial charge in [-0.15, -0.1) is 0 Å². The van der Waals surface area contributed by atoms with E-state index in [0.29, 0.717) is 21.8 Å². The van der Waals surface area contributed by atoms with Gasteiger partial charge < -0.3 is 5.32 Å². The van der Waals surface area contributed by atoms with E-state index in [2.05, 4.69) is 15.3 Å². The summed E-state index contributed by atoms with van der Waals surface area (Å²) in [7, 11) is -1.11. The van der Waals surface area contributed by atoms with Crippen LogP contribution < -0.4 is 5.32 Å². The Morgan fingerprint density at radius 2 is 2.25 bits per heavy atom. The fourth-order valence-electron chi connectivity index (χ4n) is 1.77. The van der Waals surface area contributed by atoms with Crippen LogP contribution >= 0.6 is 11.6 Å². The third-order valence-corrected chi connectivity index (χ3v) is 4.17. The van der Waals surface area contributed by atoms with Crippen LogP contribution in [0.15, 0.2) is 17.6 Å². The molecule has 0 aliphatic carbocycles. The van der Waals surface area contributed by atoms with Crippen LogP contribution in [-0.2, 0) is 10.8 Å². The number of rotatable bonds is 3. The third kappa shape index (κ3) is 3.23. The molecule has 0 bridgehead atoms. The van der Waals surface area contributed by atoms with Crippen LogP contribution in [0.25, 0.3) is 0 Å². The molecule has 0 saturated carbocycles. The summed E-state index contributed by atoms with van der Waals surface area (Å²) in [6.45, 7) is 2.01. The first-order chi connectivity index (χ1) is 7.75. The highest BCUT2D eigenvalue weighted by Gasteiger charge is 2.18. The van der Waals surface area contributed by atoms with E-state index in [1.165, 1.54) is 12.4 Å². The largest absolute Gasteiger partial charge is 0.316 e. The molecule has 16 heavy (non-hydrogen) atoms. The lowest BCUT2D eigenvalue weighted by molar-refractivity contribution is 0.407. The second-order valence-electron chi connectivity index (χ2n) is 3.91. The van der Waals surface area contributed by atoms with Gasteiger partial charge in [0, 0.05) is 5.75 Å². The van der Waals surface area contributed by atoms with Crippen LogP contribution in [0.4, 0.5) is 0 Å². The van der Waals surface area contributed by atoms with Gasteiger partial charge in [-0.1, -0.05) is 11.6 Å². The summed E-state index contributed by atoms with van der Waals surface area (Å²) in [4.78, 5) is 7.96. The predicted octanol–water partition coefficient (Wildman–Crippen LogP) is 1.24. The van der Waals surface area contributed by atoms with E-state index in [1.807, 2.05) is 0 Å². The smallest absolute Gasteiger partial charge is 0.218 e. The predicted molar refractivity (Wildman–Crippen MR) is 63.9 cm³/mol. The van der Waals surface area contributed by atoms with Crippen molar-refractivity contribution in [3.63, 3.8) is 0 Å². The molecule has 1 saturated heterocycles. The van der Waals surface area contributed by atoms with Gasteiger partial charge in [0.2, 0.25) is 5.16 Å². The number of aromatic nitrogens is 2. The van der Waals surface area contributed by atoms with E-state index in [0.717, 1.165) is 25.9 Å². The third-order valence-electron chi connectivity index (χ3n) is 2.59. The van der Waals surface area contributed by atoms with Gasteiger partial charge in [0.15, 0.2) is 0 Å². The van der Waals surface area contributed by atoms with Gasteiger partial charge in [0.25, 0.3) is 0 Å². The maximum atomic E-state index is 11.9. The first kappa shape index (κ1) is 12.0. The number of piperidine rings is 1. The van der Waals surface area contributed by atoms with Gasteiger partial charge in [-0.3, -0.25) is 4.21 Å². The molecule has 1 aromatic heterocycles. The minimum atomic E-state index is -1.11. The molecule has 0 unspecified atom stereocenters. The average Bonchev–Trinajstić information content (AvgIpc) is 2.31. The van der Waals surface area contributed by atoms with E-state index in [-0.39, 0.29) is 0 Å². The van der Waals surface area contributed by atoms with Crippen LogP contribution in [0.5, 0.6) is 0 Å². The zero-order valence-corrected chi connectivity index (χ0v) is 10.4. The summed E-state index contributed by atoms with van der Waals surface area (Å²) in [6.07, 6.45) is 5.26. The Bertz CT molecular complexity index is 365. The molecule has 1 fully saturated rings. The SMILES string of the molecule is O=[S@@](C[C@H]1CCCNC1)c1ncc(Cl)cn1. The van der Waals surface area contributed by atoms with Crippen LogP contribution in [0, 0.1) is 5.92 Å². The molecule has 0 radical (unpaired) electrons. The summed E-state index contributed by atoms with van der Waals surface area (Å²) >= 11 is 5.67. The Kier molecular flexibility index (Phi) is 4.26. The van der Waals surface area contributed by atoms with Crippen molar-refractivity contribution in [1.29, 1.82) is 0 Å². The molecule has 6 heteroatoms. The average molecular weight is 260 g/mol. The molecule has 4 nitrogen and oxygen atoms in total. The van der Waals surface area contributed by atoms with Crippen molar-refractivity contribution >= 4 is 22.4 Å². The number of hydrogen-bond donors (Lipinski definition) is 1. The van der Waals surface area contributed by atoms with E-state index in [4.69, 9.17) is 11.6 Å². The van der Waals surface area contributed by atoms with Gasteiger partial charge in [0.05, 0.1) is 28.2 Å². The summed E-state index contributed by atoms with van der Waals surface area (Å²) < 4.78 is 11.9. The van der Waals surface area contributed by atoms with Crippen molar-refractivity contribution in [2.24, 2.45) is 5.92 Å². The number of halogens is 1. The van der Waals surface area contributed by atoms with E-state index in [9.17, 15) is 4.21 Å². The normalized spacial score (nSPS) is 22.9. The van der Waals surface area contributed by atoms with Crippen molar-refractivity contribution in [1.82, 2.24) is 15.3 Å². The molecule has 88 valence electrons. The lowest BCUT2D eigenvalue weighted by Gasteiger charge is -2.21. The number of nitrogens with zero attached hydrogens (tertiary/aromatic N) is 2. The molecule has 0 aromatic carbocycles. The van der Waals surface area contributed by atoms with Gasteiger partial charge >= 0.3 is 0 Å². The molecule has 0 spiro atoms. The van der Waals surface area contributed by atoms with Crippen molar-refractivity contribution < 1.29 is 4.21 Å². The zero-order valence-electron chi connectivity index (χ0n) is 8.86. The molecular formula is C10H14ClN3OS. The van der Waals surface area contributed by atoms with Crippen molar-refractivity contribution in [3.05, 3.63) is 17.4 Å². The Morgan fingerprint density at radius 3 is 2.88 bits per heavy atom. The molecule has 1 aromatic rings. The number of nitrogens with one attached hydrogen (secondary N) is 1. The Labute approximate surface area is 102 Å². The van der Waals surface area contributed by atoms with Gasteiger partial charge in [0.1, 0.15) is 0 Å². The van der Waals surface area contributed by atoms with Crippen molar-refractivity contribution in [2.45, 2.75) is 18.0 Å². The van der Waals surface area contributed by atoms with Gasteiger partial charge in [-0.25, -0.2) is 9.97 Å². The van der Waals surface area contributed by atoms with Crippen LogP contribution in [-0.4, -0.2) is 33.0 Å². The molecule has 0 amide bonds. The molecule has 1 N–H and O–H groups in total. The maximum absolute atomic E-state index is 11.9. The highest BCUT2D eigenvalue weighted by Crippen LogP contribution is 2.14. The fourth-order valence-corrected chi connectivity index (χ4v) is 3.07. The molecule has 2 atom stereocenters. The Morgan fingerprint density at radius 1 is 1.50 bits per heavy atom. The van der Waals surface area contributed by atoms with Crippen LogP contribution in [0.1, 0.15) is 12.8 Å². The Balaban J connectivity index is 1.94. The van der Waals surface area contributed by atoms with Gasteiger partial charge in [-0.05, 0) is 31.8 Å². The van der Waals surface area contributed by atoms with Crippen LogP contribution in [0.2, 0.25) is 5.02 Å². The first-order valence-corrected chi connectivity index (χ1v) is 7.02. The topological polar surface area (TPSA) is 54.9 Å². The zero-order chi connectivity index (χ0) is 11.4. The fraction of sp³-hybridized carbons (Fsp3) is 0.600. The monoisotopic (exact) mass is 259 g/mol. The summed E-state index contributed by atoms with van der Waals surface area (Å²) in [5.74, 6) is 1.10. The van der Waals surface area contributed by atoms with E-state index < -0.39 is 10.8 Å². The summed E-state index contributed by atoms with van der Waals surface area (Å²) in [5.41, 5.74) is 0. The molecule has 1 aliphatic rings. The highest BCUT2D eigenvalue weighted by atomic mass is 35.5. The van der Waals surface area contributed by atoms with Crippen LogP contribution in [0.3, 0.4) is 0 Å². The summed E-state index contributed by atoms with van der Waals surface area (Å²) in [6, 6.07) is 0. The minimum absolute atomic E-state index is 0.384. The number of hydrogen-bond acceptors (Lipinski definition) is 4. The standard InChI is InChI=1S/C10H14ClN3OS/c11-9-5-13-10(14-6-9)16(15)7-8-2-1-3-12-4-8/h5-6,8,12H,1-4,7H2/t8-,16-/m0/s1.